The third kappa shape index (κ3) is 2.18. The summed E-state index contributed by atoms with van der Waals surface area (Å²) < 4.78 is 0. The third-order valence-corrected chi connectivity index (χ3v) is 4.13. The summed E-state index contributed by atoms with van der Waals surface area (Å²) in [6.45, 7) is 1.04. The van der Waals surface area contributed by atoms with E-state index >= 15 is 0 Å². The molecule has 2 aliphatic carbocycles. The quantitative estimate of drug-likeness (QED) is 0.538. The van der Waals surface area contributed by atoms with E-state index in [2.05, 4.69) is 38.0 Å². The maximum Gasteiger partial charge on any atom is 0.195 e. The number of aliphatic imine (C=N–C) groups is 1. The van der Waals surface area contributed by atoms with Gasteiger partial charge in [-0.05, 0) is 37.0 Å². The molecule has 0 spiro atoms. The highest BCUT2D eigenvalue weighted by Crippen LogP contribution is 2.57. The van der Waals surface area contributed by atoms with E-state index in [0.29, 0.717) is 5.41 Å². The minimum Gasteiger partial charge on any atom is -0.349 e. The number of nitrogens with zero attached hydrogens (tertiary/aromatic N) is 3. The second-order valence-electron chi connectivity index (χ2n) is 5.90. The molecule has 3 heteroatoms. The lowest BCUT2D eigenvalue weighted by atomic mass is 9.65. The Kier molecular flexibility index (Phi) is 3.13. The van der Waals surface area contributed by atoms with Crippen LogP contribution in [-0.2, 0) is 0 Å². The normalized spacial score (nSPS) is 22.2. The highest BCUT2D eigenvalue weighted by atomic mass is 15.3. The zero-order valence-corrected chi connectivity index (χ0v) is 11.2. The summed E-state index contributed by atoms with van der Waals surface area (Å²) >= 11 is 0. The lowest BCUT2D eigenvalue weighted by Gasteiger charge is -2.41. The van der Waals surface area contributed by atoms with Crippen LogP contribution in [0.1, 0.15) is 32.1 Å². The molecule has 16 heavy (non-hydrogen) atoms. The maximum atomic E-state index is 4.85. The molecular weight excluding hydrogens is 198 g/mol. The van der Waals surface area contributed by atoms with Gasteiger partial charge in [0.25, 0.3) is 0 Å². The van der Waals surface area contributed by atoms with Gasteiger partial charge in [0.15, 0.2) is 5.96 Å². The molecule has 2 fully saturated rings. The summed E-state index contributed by atoms with van der Waals surface area (Å²) in [4.78, 5) is 9.07. The summed E-state index contributed by atoms with van der Waals surface area (Å²) in [7, 11) is 8.29. The van der Waals surface area contributed by atoms with Gasteiger partial charge in [-0.3, -0.25) is 4.99 Å². The summed E-state index contributed by atoms with van der Waals surface area (Å²) in [5, 5.41) is 0. The molecule has 0 unspecified atom stereocenters. The largest absolute Gasteiger partial charge is 0.349 e. The van der Waals surface area contributed by atoms with E-state index in [-0.39, 0.29) is 0 Å². The maximum absolute atomic E-state index is 4.85. The SMILES string of the molecule is CN(C)C(=NCC1(C2CC2)CCC1)N(C)C. The van der Waals surface area contributed by atoms with Crippen molar-refractivity contribution in [1.29, 1.82) is 0 Å². The van der Waals surface area contributed by atoms with Crippen LogP contribution in [0, 0.1) is 11.3 Å². The summed E-state index contributed by atoms with van der Waals surface area (Å²) in [5.41, 5.74) is 0.595. The molecule has 0 saturated heterocycles. The van der Waals surface area contributed by atoms with Crippen molar-refractivity contribution in [3.8, 4) is 0 Å². The molecule has 0 aromatic carbocycles. The van der Waals surface area contributed by atoms with Crippen LogP contribution in [0.2, 0.25) is 0 Å². The minimum atomic E-state index is 0.595. The molecule has 0 amide bonds. The van der Waals surface area contributed by atoms with E-state index in [4.69, 9.17) is 4.99 Å². The Balaban J connectivity index is 1.99. The smallest absolute Gasteiger partial charge is 0.195 e. The molecule has 0 radical (unpaired) electrons. The molecule has 0 aromatic rings. The van der Waals surface area contributed by atoms with Gasteiger partial charge in [0.05, 0.1) is 0 Å². The van der Waals surface area contributed by atoms with Crippen LogP contribution in [0.4, 0.5) is 0 Å². The van der Waals surface area contributed by atoms with E-state index in [0.717, 1.165) is 18.4 Å². The zero-order chi connectivity index (χ0) is 11.8. The molecule has 0 N–H and O–H groups in total. The van der Waals surface area contributed by atoms with E-state index in [1.54, 1.807) is 0 Å². The Morgan fingerprint density at radius 1 is 1.12 bits per heavy atom. The molecule has 0 aliphatic heterocycles. The molecule has 92 valence electrons. The molecule has 0 aromatic heterocycles. The fourth-order valence-electron chi connectivity index (χ4n) is 2.93. The van der Waals surface area contributed by atoms with Crippen molar-refractivity contribution in [2.45, 2.75) is 32.1 Å². The van der Waals surface area contributed by atoms with E-state index in [1.165, 1.54) is 32.1 Å². The van der Waals surface area contributed by atoms with Gasteiger partial charge in [0, 0.05) is 34.7 Å². The van der Waals surface area contributed by atoms with Crippen LogP contribution >= 0.6 is 0 Å². The molecule has 2 rings (SSSR count). The molecule has 0 bridgehead atoms. The molecule has 2 saturated carbocycles. The minimum absolute atomic E-state index is 0.595. The second-order valence-corrected chi connectivity index (χ2v) is 5.90. The van der Waals surface area contributed by atoms with Gasteiger partial charge in [-0.1, -0.05) is 6.42 Å². The fourth-order valence-corrected chi connectivity index (χ4v) is 2.93. The van der Waals surface area contributed by atoms with Crippen LogP contribution in [-0.4, -0.2) is 50.5 Å². The first-order chi connectivity index (χ1) is 7.55. The predicted molar refractivity (Wildman–Crippen MR) is 68.7 cm³/mol. The Morgan fingerprint density at radius 2 is 1.69 bits per heavy atom. The van der Waals surface area contributed by atoms with E-state index in [9.17, 15) is 0 Å². The Hall–Kier alpha value is -0.730. The summed E-state index contributed by atoms with van der Waals surface area (Å²) in [6, 6.07) is 0. The summed E-state index contributed by atoms with van der Waals surface area (Å²) in [5.74, 6) is 2.10. The molecule has 0 atom stereocenters. The Morgan fingerprint density at radius 3 is 2.00 bits per heavy atom. The van der Waals surface area contributed by atoms with Gasteiger partial charge in [0.1, 0.15) is 0 Å². The third-order valence-electron chi connectivity index (χ3n) is 4.13. The highest BCUT2D eigenvalue weighted by molar-refractivity contribution is 5.79. The van der Waals surface area contributed by atoms with Crippen molar-refractivity contribution in [2.75, 3.05) is 34.7 Å². The lowest BCUT2D eigenvalue weighted by Crippen LogP contribution is -2.39. The van der Waals surface area contributed by atoms with Gasteiger partial charge in [0.2, 0.25) is 0 Å². The lowest BCUT2D eigenvalue weighted by molar-refractivity contribution is 0.112. The van der Waals surface area contributed by atoms with E-state index < -0.39 is 0 Å². The Bertz CT molecular complexity index is 263. The first-order valence-corrected chi connectivity index (χ1v) is 6.44. The molecule has 2 aliphatic rings. The monoisotopic (exact) mass is 223 g/mol. The van der Waals surface area contributed by atoms with Crippen LogP contribution in [0.5, 0.6) is 0 Å². The predicted octanol–water partition coefficient (Wildman–Crippen LogP) is 2.05. The van der Waals surface area contributed by atoms with Crippen molar-refractivity contribution in [3.63, 3.8) is 0 Å². The Labute approximate surface area is 99.5 Å². The first-order valence-electron chi connectivity index (χ1n) is 6.44. The van der Waals surface area contributed by atoms with Gasteiger partial charge >= 0.3 is 0 Å². The van der Waals surface area contributed by atoms with Crippen molar-refractivity contribution in [2.24, 2.45) is 16.3 Å². The number of rotatable bonds is 3. The van der Waals surface area contributed by atoms with Crippen LogP contribution in [0.25, 0.3) is 0 Å². The van der Waals surface area contributed by atoms with Gasteiger partial charge in [-0.25, -0.2) is 0 Å². The first kappa shape index (κ1) is 11.7. The summed E-state index contributed by atoms with van der Waals surface area (Å²) in [6.07, 6.45) is 7.15. The molecular formula is C13H25N3. The average molecular weight is 223 g/mol. The second kappa shape index (κ2) is 4.27. The van der Waals surface area contributed by atoms with Crippen LogP contribution in [0.3, 0.4) is 0 Å². The topological polar surface area (TPSA) is 18.8 Å². The van der Waals surface area contributed by atoms with Gasteiger partial charge in [-0.15, -0.1) is 0 Å². The van der Waals surface area contributed by atoms with Crippen LogP contribution in [0.15, 0.2) is 4.99 Å². The van der Waals surface area contributed by atoms with Crippen molar-refractivity contribution in [1.82, 2.24) is 9.80 Å². The fraction of sp³-hybridized carbons (Fsp3) is 0.923. The highest BCUT2D eigenvalue weighted by Gasteiger charge is 2.48. The standard InChI is InChI=1S/C13H25N3/c1-15(2)12(16(3)4)14-10-13(8-5-9-13)11-6-7-11/h11H,5-10H2,1-4H3. The van der Waals surface area contributed by atoms with Crippen LogP contribution < -0.4 is 0 Å². The molecule has 0 heterocycles. The van der Waals surface area contributed by atoms with Crippen molar-refractivity contribution < 1.29 is 0 Å². The van der Waals surface area contributed by atoms with Crippen molar-refractivity contribution >= 4 is 5.96 Å². The number of guanidine groups is 1. The average Bonchev–Trinajstić information content (AvgIpc) is 2.91. The van der Waals surface area contributed by atoms with E-state index in [1.807, 2.05) is 0 Å². The van der Waals surface area contributed by atoms with Gasteiger partial charge in [-0.2, -0.15) is 0 Å². The zero-order valence-electron chi connectivity index (χ0n) is 11.2. The van der Waals surface area contributed by atoms with Gasteiger partial charge < -0.3 is 9.80 Å². The number of hydrogen-bond acceptors (Lipinski definition) is 1. The van der Waals surface area contributed by atoms with Crippen molar-refractivity contribution in [3.05, 3.63) is 0 Å². The number of hydrogen-bond donors (Lipinski definition) is 0. The molecule has 3 nitrogen and oxygen atoms in total.